The molecule has 0 atom stereocenters. The summed E-state index contributed by atoms with van der Waals surface area (Å²) in [6, 6.07) is 11.1. The number of halogens is 3. The van der Waals surface area contributed by atoms with Crippen LogP contribution in [0.2, 0.25) is 0 Å². The smallest absolute Gasteiger partial charge is 0.341 e. The van der Waals surface area contributed by atoms with Gasteiger partial charge in [-0.25, -0.2) is 18.0 Å². The first-order valence-corrected chi connectivity index (χ1v) is 6.44. The van der Waals surface area contributed by atoms with Crippen LogP contribution in [0.3, 0.4) is 0 Å². The molecule has 0 spiro atoms. The summed E-state index contributed by atoms with van der Waals surface area (Å²) in [5.41, 5.74) is 0.487. The zero-order valence-corrected chi connectivity index (χ0v) is 11.1. The number of hydrogen-bond acceptors (Lipinski definition) is 2. The Bertz CT molecular complexity index is 627. The average Bonchev–Trinajstić information content (AvgIpc) is 2.50. The number of hydrogen-bond donors (Lipinski definition) is 0. The molecule has 5 heteroatoms. The number of carbonyl (C=O) groups is 1. The van der Waals surface area contributed by atoms with Crippen LogP contribution < -0.4 is 0 Å². The fraction of sp³-hybridized carbons (Fsp3) is 0.188. The zero-order chi connectivity index (χ0) is 15.2. The molecule has 0 heterocycles. The molecule has 0 aromatic heterocycles. The van der Waals surface area contributed by atoms with Gasteiger partial charge in [-0.1, -0.05) is 30.3 Å². The first-order valence-electron chi connectivity index (χ1n) is 6.44. The normalized spacial score (nSPS) is 10.4. The van der Waals surface area contributed by atoms with Gasteiger partial charge in [-0.2, -0.15) is 0 Å². The van der Waals surface area contributed by atoms with E-state index in [2.05, 4.69) is 0 Å². The van der Waals surface area contributed by atoms with Crippen molar-refractivity contribution in [2.45, 2.75) is 12.8 Å². The van der Waals surface area contributed by atoms with Gasteiger partial charge in [0.05, 0.1) is 12.2 Å². The maximum atomic E-state index is 13.4. The minimum absolute atomic E-state index is 0.0756. The second kappa shape index (κ2) is 6.92. The van der Waals surface area contributed by atoms with Gasteiger partial charge >= 0.3 is 5.97 Å². The van der Waals surface area contributed by atoms with Gasteiger partial charge in [-0.3, -0.25) is 0 Å². The van der Waals surface area contributed by atoms with Gasteiger partial charge in [0.1, 0.15) is 0 Å². The third-order valence-corrected chi connectivity index (χ3v) is 2.94. The molecule has 0 fully saturated rings. The maximum absolute atomic E-state index is 13.4. The third kappa shape index (κ3) is 3.84. The van der Waals surface area contributed by atoms with E-state index in [-0.39, 0.29) is 6.61 Å². The molecule has 2 rings (SSSR count). The van der Waals surface area contributed by atoms with Crippen LogP contribution in [0, 0.1) is 17.5 Å². The summed E-state index contributed by atoms with van der Waals surface area (Å²) < 4.78 is 44.0. The Hall–Kier alpha value is -2.30. The van der Waals surface area contributed by atoms with E-state index < -0.39 is 29.0 Å². The van der Waals surface area contributed by atoms with Crippen molar-refractivity contribution in [3.8, 4) is 0 Å². The van der Waals surface area contributed by atoms with Crippen LogP contribution in [0.5, 0.6) is 0 Å². The highest BCUT2D eigenvalue weighted by Gasteiger charge is 2.19. The van der Waals surface area contributed by atoms with Crippen molar-refractivity contribution in [1.29, 1.82) is 0 Å². The first-order chi connectivity index (χ1) is 10.1. The monoisotopic (exact) mass is 294 g/mol. The SMILES string of the molecule is O=C(OCCCc1ccccc1)c1ccc(F)c(F)c1F. The van der Waals surface area contributed by atoms with Crippen molar-refractivity contribution in [3.63, 3.8) is 0 Å². The van der Waals surface area contributed by atoms with E-state index in [4.69, 9.17) is 4.74 Å². The molecule has 0 N–H and O–H groups in total. The lowest BCUT2D eigenvalue weighted by molar-refractivity contribution is 0.0494. The summed E-state index contributed by atoms with van der Waals surface area (Å²) in [6.45, 7) is 0.0756. The van der Waals surface area contributed by atoms with Gasteiger partial charge < -0.3 is 4.74 Å². The molecular weight excluding hydrogens is 281 g/mol. The van der Waals surface area contributed by atoms with Crippen LogP contribution >= 0.6 is 0 Å². The fourth-order valence-electron chi connectivity index (χ4n) is 1.85. The van der Waals surface area contributed by atoms with E-state index in [1.54, 1.807) is 0 Å². The quantitative estimate of drug-likeness (QED) is 0.475. The van der Waals surface area contributed by atoms with Crippen molar-refractivity contribution in [3.05, 3.63) is 71.0 Å². The van der Waals surface area contributed by atoms with Crippen LogP contribution in [0.1, 0.15) is 22.3 Å². The summed E-state index contributed by atoms with van der Waals surface area (Å²) >= 11 is 0. The molecule has 0 amide bonds. The molecule has 0 saturated carbocycles. The number of rotatable bonds is 5. The number of benzene rings is 2. The molecule has 0 aliphatic rings. The molecule has 110 valence electrons. The van der Waals surface area contributed by atoms with Crippen LogP contribution in [-0.2, 0) is 11.2 Å². The van der Waals surface area contributed by atoms with Crippen molar-refractivity contribution in [2.75, 3.05) is 6.61 Å². The number of ether oxygens (including phenoxy) is 1. The summed E-state index contributed by atoms with van der Waals surface area (Å²) in [6.07, 6.45) is 1.26. The molecule has 2 aromatic carbocycles. The molecule has 0 saturated heterocycles. The van der Waals surface area contributed by atoms with Gasteiger partial charge in [0, 0.05) is 0 Å². The average molecular weight is 294 g/mol. The molecule has 2 nitrogen and oxygen atoms in total. The van der Waals surface area contributed by atoms with E-state index in [0.717, 1.165) is 11.6 Å². The Morgan fingerprint density at radius 2 is 1.67 bits per heavy atom. The van der Waals surface area contributed by atoms with Gasteiger partial charge in [0.2, 0.25) is 0 Å². The molecule has 0 aliphatic carbocycles. The van der Waals surface area contributed by atoms with Crippen molar-refractivity contribution >= 4 is 5.97 Å². The van der Waals surface area contributed by atoms with Gasteiger partial charge in [-0.15, -0.1) is 0 Å². The van der Waals surface area contributed by atoms with E-state index in [1.165, 1.54) is 0 Å². The highest BCUT2D eigenvalue weighted by Crippen LogP contribution is 2.16. The van der Waals surface area contributed by atoms with Crippen LogP contribution in [0.15, 0.2) is 42.5 Å². The largest absolute Gasteiger partial charge is 0.462 e. The van der Waals surface area contributed by atoms with E-state index in [9.17, 15) is 18.0 Å². The summed E-state index contributed by atoms with van der Waals surface area (Å²) in [4.78, 5) is 11.6. The Labute approximate surface area is 120 Å². The van der Waals surface area contributed by atoms with Gasteiger partial charge in [0.15, 0.2) is 17.5 Å². The Morgan fingerprint density at radius 1 is 0.952 bits per heavy atom. The molecule has 0 unspecified atom stereocenters. The van der Waals surface area contributed by atoms with Crippen LogP contribution in [0.4, 0.5) is 13.2 Å². The maximum Gasteiger partial charge on any atom is 0.341 e. The lowest BCUT2D eigenvalue weighted by Gasteiger charge is -2.06. The molecule has 0 radical (unpaired) electrons. The summed E-state index contributed by atoms with van der Waals surface area (Å²) in [7, 11) is 0. The lowest BCUT2D eigenvalue weighted by atomic mass is 10.1. The highest BCUT2D eigenvalue weighted by molar-refractivity contribution is 5.89. The van der Waals surface area contributed by atoms with E-state index >= 15 is 0 Å². The minimum atomic E-state index is -1.67. The zero-order valence-electron chi connectivity index (χ0n) is 11.1. The molecule has 2 aromatic rings. The standard InChI is InChI=1S/C16H13F3O2/c17-13-9-8-12(14(18)15(13)19)16(20)21-10-4-7-11-5-2-1-3-6-11/h1-3,5-6,8-9H,4,7,10H2. The molecule has 21 heavy (non-hydrogen) atoms. The number of aryl methyl sites for hydroxylation is 1. The fourth-order valence-corrected chi connectivity index (χ4v) is 1.85. The Kier molecular flexibility index (Phi) is 4.98. The minimum Gasteiger partial charge on any atom is -0.462 e. The molecule has 0 bridgehead atoms. The lowest BCUT2D eigenvalue weighted by Crippen LogP contribution is -2.11. The van der Waals surface area contributed by atoms with Crippen molar-refractivity contribution < 1.29 is 22.7 Å². The van der Waals surface area contributed by atoms with Crippen molar-refractivity contribution in [2.24, 2.45) is 0 Å². The topological polar surface area (TPSA) is 26.3 Å². The predicted octanol–water partition coefficient (Wildman–Crippen LogP) is 3.89. The number of esters is 1. The Balaban J connectivity index is 1.87. The Morgan fingerprint density at radius 3 is 2.38 bits per heavy atom. The highest BCUT2D eigenvalue weighted by atomic mass is 19.2. The van der Waals surface area contributed by atoms with Gasteiger partial charge in [0.25, 0.3) is 0 Å². The molecular formula is C16H13F3O2. The second-order valence-corrected chi connectivity index (χ2v) is 4.45. The first kappa shape index (κ1) is 15.1. The van der Waals surface area contributed by atoms with Gasteiger partial charge in [-0.05, 0) is 30.5 Å². The van der Waals surface area contributed by atoms with E-state index in [0.29, 0.717) is 18.9 Å². The third-order valence-electron chi connectivity index (χ3n) is 2.94. The number of carbonyl (C=O) groups excluding carboxylic acids is 1. The summed E-state index contributed by atoms with van der Waals surface area (Å²) in [5.74, 6) is -5.54. The van der Waals surface area contributed by atoms with Crippen molar-refractivity contribution in [1.82, 2.24) is 0 Å². The van der Waals surface area contributed by atoms with E-state index in [1.807, 2.05) is 30.3 Å². The predicted molar refractivity (Wildman–Crippen MR) is 71.4 cm³/mol. The van der Waals surface area contributed by atoms with Crippen LogP contribution in [0.25, 0.3) is 0 Å². The summed E-state index contributed by atoms with van der Waals surface area (Å²) in [5, 5.41) is 0. The second-order valence-electron chi connectivity index (χ2n) is 4.45. The molecule has 0 aliphatic heterocycles. The van der Waals surface area contributed by atoms with Crippen LogP contribution in [-0.4, -0.2) is 12.6 Å².